The van der Waals surface area contributed by atoms with Gasteiger partial charge in [-0.05, 0) is 19.9 Å². The Morgan fingerprint density at radius 3 is 2.56 bits per heavy atom. The average Bonchev–Trinajstić information content (AvgIpc) is 1.63. The largest absolute Gasteiger partial charge is 0.459 e. The maximum atomic E-state index is 10.3. The third-order valence-corrected chi connectivity index (χ3v) is 0.815. The fourth-order valence-electron chi connectivity index (χ4n) is 0.572. The minimum absolute atomic E-state index is 0.0903. The van der Waals surface area contributed by atoms with Gasteiger partial charge in [0, 0.05) is 6.92 Å². The number of esters is 1. The highest BCUT2D eigenvalue weighted by Gasteiger charge is 1.97. The van der Waals surface area contributed by atoms with Gasteiger partial charge in [0.2, 0.25) is 0 Å². The molecule has 0 aromatic carbocycles. The molecular formula is C7H12O2. The molecule has 0 aliphatic rings. The van der Waals surface area contributed by atoms with Crippen molar-refractivity contribution >= 4 is 5.97 Å². The van der Waals surface area contributed by atoms with Gasteiger partial charge in [-0.2, -0.15) is 0 Å². The van der Waals surface area contributed by atoms with E-state index >= 15 is 0 Å². The van der Waals surface area contributed by atoms with Gasteiger partial charge in [0.05, 0.1) is 0 Å². The summed E-state index contributed by atoms with van der Waals surface area (Å²) < 4.78 is 4.76. The SMILES string of the molecule is C/C=C/[C@@H](C)OC(C)=O. The lowest BCUT2D eigenvalue weighted by atomic mass is 10.4. The summed E-state index contributed by atoms with van der Waals surface area (Å²) in [5.74, 6) is -0.236. The lowest BCUT2D eigenvalue weighted by molar-refractivity contribution is -0.143. The van der Waals surface area contributed by atoms with Crippen molar-refractivity contribution in [1.29, 1.82) is 0 Å². The van der Waals surface area contributed by atoms with Crippen molar-refractivity contribution in [3.8, 4) is 0 Å². The Balaban J connectivity index is 3.50. The van der Waals surface area contributed by atoms with Crippen LogP contribution in [0.15, 0.2) is 12.2 Å². The summed E-state index contributed by atoms with van der Waals surface area (Å²) in [5.41, 5.74) is 0. The number of hydrogen-bond acceptors (Lipinski definition) is 2. The van der Waals surface area contributed by atoms with Gasteiger partial charge in [-0.3, -0.25) is 4.79 Å². The van der Waals surface area contributed by atoms with Crippen LogP contribution in [0.5, 0.6) is 0 Å². The summed E-state index contributed by atoms with van der Waals surface area (Å²) in [6, 6.07) is 0. The first kappa shape index (κ1) is 8.21. The van der Waals surface area contributed by atoms with Crippen LogP contribution in [0.3, 0.4) is 0 Å². The molecule has 0 bridgehead atoms. The molecule has 1 atom stereocenters. The molecule has 0 saturated carbocycles. The number of rotatable bonds is 2. The Hall–Kier alpha value is -0.790. The van der Waals surface area contributed by atoms with Crippen LogP contribution in [0.4, 0.5) is 0 Å². The highest BCUT2D eigenvalue weighted by molar-refractivity contribution is 5.66. The van der Waals surface area contributed by atoms with E-state index in [4.69, 9.17) is 4.74 Å². The first-order valence-corrected chi connectivity index (χ1v) is 2.97. The van der Waals surface area contributed by atoms with E-state index in [0.717, 1.165) is 0 Å². The van der Waals surface area contributed by atoms with Crippen LogP contribution < -0.4 is 0 Å². The summed E-state index contributed by atoms with van der Waals surface area (Å²) in [5, 5.41) is 0. The van der Waals surface area contributed by atoms with Crippen molar-refractivity contribution < 1.29 is 9.53 Å². The highest BCUT2D eigenvalue weighted by atomic mass is 16.5. The van der Waals surface area contributed by atoms with Gasteiger partial charge in [0.25, 0.3) is 0 Å². The molecule has 0 fully saturated rings. The first-order chi connectivity index (χ1) is 4.16. The van der Waals surface area contributed by atoms with E-state index in [9.17, 15) is 4.79 Å². The van der Waals surface area contributed by atoms with Gasteiger partial charge in [-0.15, -0.1) is 0 Å². The summed E-state index contributed by atoms with van der Waals surface area (Å²) in [6.07, 6.45) is 3.59. The van der Waals surface area contributed by atoms with E-state index in [2.05, 4.69) is 0 Å². The van der Waals surface area contributed by atoms with Gasteiger partial charge in [-0.25, -0.2) is 0 Å². The number of carbonyl (C=O) groups is 1. The fraction of sp³-hybridized carbons (Fsp3) is 0.571. The average molecular weight is 128 g/mol. The molecule has 0 radical (unpaired) electrons. The number of hydrogen-bond donors (Lipinski definition) is 0. The summed E-state index contributed by atoms with van der Waals surface area (Å²) in [4.78, 5) is 10.3. The van der Waals surface area contributed by atoms with Crippen LogP contribution in [0, 0.1) is 0 Å². The van der Waals surface area contributed by atoms with Crippen LogP contribution >= 0.6 is 0 Å². The molecule has 0 heterocycles. The topological polar surface area (TPSA) is 26.3 Å². The second-order valence-corrected chi connectivity index (χ2v) is 1.84. The van der Waals surface area contributed by atoms with Crippen LogP contribution in [0.2, 0.25) is 0 Å². The molecule has 0 aliphatic carbocycles. The Labute approximate surface area is 55.5 Å². The normalized spacial score (nSPS) is 13.7. The Morgan fingerprint density at radius 2 is 2.22 bits per heavy atom. The molecule has 2 heteroatoms. The molecule has 2 nitrogen and oxygen atoms in total. The molecule has 0 aromatic heterocycles. The quantitative estimate of drug-likeness (QED) is 0.416. The third-order valence-electron chi connectivity index (χ3n) is 0.815. The lowest BCUT2D eigenvalue weighted by Gasteiger charge is -2.04. The van der Waals surface area contributed by atoms with E-state index in [-0.39, 0.29) is 12.1 Å². The monoisotopic (exact) mass is 128 g/mol. The number of allylic oxidation sites excluding steroid dienone is 1. The van der Waals surface area contributed by atoms with Gasteiger partial charge in [0.1, 0.15) is 6.10 Å². The second-order valence-electron chi connectivity index (χ2n) is 1.84. The first-order valence-electron chi connectivity index (χ1n) is 2.97. The molecule has 0 rings (SSSR count). The maximum Gasteiger partial charge on any atom is 0.303 e. The molecule has 0 saturated heterocycles. The Kier molecular flexibility index (Phi) is 3.76. The Bertz CT molecular complexity index is 116. The zero-order chi connectivity index (χ0) is 7.28. The zero-order valence-corrected chi connectivity index (χ0v) is 6.05. The fourth-order valence-corrected chi connectivity index (χ4v) is 0.572. The van der Waals surface area contributed by atoms with Gasteiger partial charge >= 0.3 is 5.97 Å². The second kappa shape index (κ2) is 4.13. The van der Waals surface area contributed by atoms with E-state index < -0.39 is 0 Å². The number of carbonyl (C=O) groups excluding carboxylic acids is 1. The smallest absolute Gasteiger partial charge is 0.303 e. The molecular weight excluding hydrogens is 116 g/mol. The van der Waals surface area contributed by atoms with E-state index in [0.29, 0.717) is 0 Å². The van der Waals surface area contributed by atoms with Crippen LogP contribution in [0.1, 0.15) is 20.8 Å². The van der Waals surface area contributed by atoms with Crippen LogP contribution in [0.25, 0.3) is 0 Å². The highest BCUT2D eigenvalue weighted by Crippen LogP contribution is 1.91. The molecule has 0 unspecified atom stereocenters. The van der Waals surface area contributed by atoms with Crippen molar-refractivity contribution in [2.75, 3.05) is 0 Å². The van der Waals surface area contributed by atoms with Crippen molar-refractivity contribution in [3.63, 3.8) is 0 Å². The Morgan fingerprint density at radius 1 is 1.67 bits per heavy atom. The molecule has 9 heavy (non-hydrogen) atoms. The number of ether oxygens (including phenoxy) is 1. The predicted octanol–water partition coefficient (Wildman–Crippen LogP) is 1.51. The van der Waals surface area contributed by atoms with Crippen LogP contribution in [-0.4, -0.2) is 12.1 Å². The standard InChI is InChI=1S/C7H12O2/c1-4-5-6(2)9-7(3)8/h4-6H,1-3H3/b5-4+/t6-/m1/s1. The van der Waals surface area contributed by atoms with E-state index in [1.54, 1.807) is 0 Å². The van der Waals surface area contributed by atoms with Gasteiger partial charge in [-0.1, -0.05) is 6.08 Å². The van der Waals surface area contributed by atoms with Gasteiger partial charge in [0.15, 0.2) is 0 Å². The van der Waals surface area contributed by atoms with Crippen LogP contribution in [-0.2, 0) is 9.53 Å². The van der Waals surface area contributed by atoms with Crippen molar-refractivity contribution in [2.24, 2.45) is 0 Å². The molecule has 0 spiro atoms. The third kappa shape index (κ3) is 5.07. The summed E-state index contributed by atoms with van der Waals surface area (Å²) in [7, 11) is 0. The molecule has 0 aromatic rings. The minimum atomic E-state index is -0.236. The van der Waals surface area contributed by atoms with E-state index in [1.807, 2.05) is 26.0 Å². The zero-order valence-electron chi connectivity index (χ0n) is 6.05. The van der Waals surface area contributed by atoms with Gasteiger partial charge < -0.3 is 4.74 Å². The van der Waals surface area contributed by atoms with Crippen molar-refractivity contribution in [3.05, 3.63) is 12.2 Å². The minimum Gasteiger partial charge on any atom is -0.459 e. The molecule has 0 N–H and O–H groups in total. The predicted molar refractivity (Wildman–Crippen MR) is 36.0 cm³/mol. The maximum absolute atomic E-state index is 10.3. The van der Waals surface area contributed by atoms with E-state index in [1.165, 1.54) is 6.92 Å². The lowest BCUT2D eigenvalue weighted by Crippen LogP contribution is -2.08. The van der Waals surface area contributed by atoms with Crippen molar-refractivity contribution in [2.45, 2.75) is 26.9 Å². The molecule has 0 amide bonds. The summed E-state index contributed by atoms with van der Waals surface area (Å²) >= 11 is 0. The molecule has 52 valence electrons. The van der Waals surface area contributed by atoms with Crippen molar-refractivity contribution in [1.82, 2.24) is 0 Å². The molecule has 0 aliphatic heterocycles. The summed E-state index contributed by atoms with van der Waals surface area (Å²) in [6.45, 7) is 5.11.